The molecule has 16 heavy (non-hydrogen) atoms. The quantitative estimate of drug-likeness (QED) is 0.759. The van der Waals surface area contributed by atoms with E-state index in [2.05, 4.69) is 20.9 Å². The van der Waals surface area contributed by atoms with Gasteiger partial charge in [-0.05, 0) is 18.2 Å². The molecule has 1 nitrogen and oxygen atoms in total. The minimum absolute atomic E-state index is 0.258. The van der Waals surface area contributed by atoms with Gasteiger partial charge in [0.05, 0.1) is 10.7 Å². The Labute approximate surface area is 110 Å². The van der Waals surface area contributed by atoms with Crippen molar-refractivity contribution < 1.29 is 4.39 Å². The number of nitrogens with zero attached hydrogens (tertiary/aromatic N) is 1. The molecular formula is C11H8BrClFNS. The molecule has 0 saturated heterocycles. The lowest BCUT2D eigenvalue weighted by molar-refractivity contribution is 0.630. The molecule has 0 radical (unpaired) electrons. The average molecular weight is 321 g/mol. The summed E-state index contributed by atoms with van der Waals surface area (Å²) >= 11 is 10.5. The second-order valence-electron chi connectivity index (χ2n) is 3.19. The fraction of sp³-hybridized carbons (Fsp3) is 0.182. The monoisotopic (exact) mass is 319 g/mol. The molecule has 1 heterocycles. The number of halogens is 3. The van der Waals surface area contributed by atoms with E-state index in [1.807, 2.05) is 5.38 Å². The standard InChI is InChI=1S/C11H8BrClFNS/c12-7-1-2-9(14)8(5-7)10-6-16-11(15-10)3-4-13/h1-2,5-6H,3-4H2. The molecule has 0 atom stereocenters. The molecule has 5 heteroatoms. The number of thiazole rings is 1. The number of aromatic nitrogens is 1. The van der Waals surface area contributed by atoms with Crippen molar-refractivity contribution in [3.63, 3.8) is 0 Å². The highest BCUT2D eigenvalue weighted by molar-refractivity contribution is 9.10. The van der Waals surface area contributed by atoms with Crippen LogP contribution >= 0.6 is 38.9 Å². The molecule has 0 aliphatic rings. The van der Waals surface area contributed by atoms with Crippen molar-refractivity contribution in [2.45, 2.75) is 6.42 Å². The summed E-state index contributed by atoms with van der Waals surface area (Å²) in [4.78, 5) is 4.35. The van der Waals surface area contributed by atoms with E-state index in [1.54, 1.807) is 12.1 Å². The van der Waals surface area contributed by atoms with E-state index in [1.165, 1.54) is 17.4 Å². The summed E-state index contributed by atoms with van der Waals surface area (Å²) in [5.74, 6) is 0.277. The van der Waals surface area contributed by atoms with Gasteiger partial charge in [0.15, 0.2) is 0 Å². The minimum atomic E-state index is -0.258. The summed E-state index contributed by atoms with van der Waals surface area (Å²) in [6.07, 6.45) is 0.724. The fourth-order valence-corrected chi connectivity index (χ4v) is 2.77. The molecule has 0 spiro atoms. The number of aryl methyl sites for hydroxylation is 1. The maximum absolute atomic E-state index is 13.6. The van der Waals surface area contributed by atoms with Crippen LogP contribution in [0.3, 0.4) is 0 Å². The van der Waals surface area contributed by atoms with Gasteiger partial charge in [0.25, 0.3) is 0 Å². The molecule has 0 aliphatic carbocycles. The van der Waals surface area contributed by atoms with Crippen LogP contribution in [0, 0.1) is 5.82 Å². The van der Waals surface area contributed by atoms with Crippen molar-refractivity contribution in [3.05, 3.63) is 38.9 Å². The number of hydrogen-bond acceptors (Lipinski definition) is 2. The van der Waals surface area contributed by atoms with Crippen LogP contribution in [0.2, 0.25) is 0 Å². The maximum Gasteiger partial charge on any atom is 0.132 e. The molecule has 0 bridgehead atoms. The zero-order valence-electron chi connectivity index (χ0n) is 8.21. The molecular weight excluding hydrogens is 313 g/mol. The molecule has 1 aromatic carbocycles. The number of alkyl halides is 1. The highest BCUT2D eigenvalue weighted by atomic mass is 79.9. The van der Waals surface area contributed by atoms with Crippen LogP contribution in [0.15, 0.2) is 28.1 Å². The summed E-state index contributed by atoms with van der Waals surface area (Å²) < 4.78 is 14.4. The highest BCUT2D eigenvalue weighted by Gasteiger charge is 2.09. The largest absolute Gasteiger partial charge is 0.241 e. The summed E-state index contributed by atoms with van der Waals surface area (Å²) in [6, 6.07) is 4.83. The molecule has 1 aromatic heterocycles. The molecule has 0 unspecified atom stereocenters. The van der Waals surface area contributed by atoms with Gasteiger partial charge in [-0.1, -0.05) is 15.9 Å². The Morgan fingerprint density at radius 3 is 3.00 bits per heavy atom. The summed E-state index contributed by atoms with van der Waals surface area (Å²) in [7, 11) is 0. The van der Waals surface area contributed by atoms with Crippen LogP contribution in [0.5, 0.6) is 0 Å². The second-order valence-corrected chi connectivity index (χ2v) is 5.43. The zero-order chi connectivity index (χ0) is 11.5. The van der Waals surface area contributed by atoms with Gasteiger partial charge in [-0.15, -0.1) is 22.9 Å². The van der Waals surface area contributed by atoms with Crippen LogP contribution in [-0.2, 0) is 6.42 Å². The van der Waals surface area contributed by atoms with E-state index < -0.39 is 0 Å². The lowest BCUT2D eigenvalue weighted by Crippen LogP contribution is -1.87. The Morgan fingerprint density at radius 1 is 1.44 bits per heavy atom. The number of hydrogen-bond donors (Lipinski definition) is 0. The molecule has 0 amide bonds. The van der Waals surface area contributed by atoms with E-state index in [0.29, 0.717) is 17.1 Å². The predicted octanol–water partition coefficient (Wildman–Crippen LogP) is 4.49. The summed E-state index contributed by atoms with van der Waals surface area (Å²) in [6.45, 7) is 0. The average Bonchev–Trinajstić information content (AvgIpc) is 2.71. The van der Waals surface area contributed by atoms with Crippen LogP contribution < -0.4 is 0 Å². The zero-order valence-corrected chi connectivity index (χ0v) is 11.4. The Bertz CT molecular complexity index is 500. The van der Waals surface area contributed by atoms with E-state index in [4.69, 9.17) is 11.6 Å². The van der Waals surface area contributed by atoms with Gasteiger partial charge >= 0.3 is 0 Å². The van der Waals surface area contributed by atoms with E-state index in [9.17, 15) is 4.39 Å². The second kappa shape index (κ2) is 5.25. The number of benzene rings is 1. The van der Waals surface area contributed by atoms with Gasteiger partial charge in [0.2, 0.25) is 0 Å². The van der Waals surface area contributed by atoms with Gasteiger partial charge in [-0.2, -0.15) is 0 Å². The van der Waals surface area contributed by atoms with Crippen LogP contribution in [0.25, 0.3) is 11.3 Å². The van der Waals surface area contributed by atoms with E-state index >= 15 is 0 Å². The van der Waals surface area contributed by atoms with Crippen LogP contribution in [-0.4, -0.2) is 10.9 Å². The third-order valence-electron chi connectivity index (χ3n) is 2.06. The van der Waals surface area contributed by atoms with Crippen molar-refractivity contribution in [2.24, 2.45) is 0 Å². The van der Waals surface area contributed by atoms with Crippen LogP contribution in [0.4, 0.5) is 4.39 Å². The van der Waals surface area contributed by atoms with Gasteiger partial charge in [0, 0.05) is 27.7 Å². The normalized spacial score (nSPS) is 10.7. The first-order chi connectivity index (χ1) is 7.70. The van der Waals surface area contributed by atoms with E-state index in [-0.39, 0.29) is 5.82 Å². The van der Waals surface area contributed by atoms with Crippen molar-refractivity contribution in [1.82, 2.24) is 4.98 Å². The van der Waals surface area contributed by atoms with Crippen LogP contribution in [0.1, 0.15) is 5.01 Å². The fourth-order valence-electron chi connectivity index (χ4n) is 1.32. The SMILES string of the molecule is Fc1ccc(Br)cc1-c1csc(CCCl)n1. The molecule has 84 valence electrons. The third kappa shape index (κ3) is 2.62. The molecule has 0 fully saturated rings. The predicted molar refractivity (Wildman–Crippen MR) is 69.6 cm³/mol. The smallest absolute Gasteiger partial charge is 0.132 e. The number of rotatable bonds is 3. The van der Waals surface area contributed by atoms with Gasteiger partial charge < -0.3 is 0 Å². The van der Waals surface area contributed by atoms with E-state index in [0.717, 1.165) is 15.9 Å². The van der Waals surface area contributed by atoms with Gasteiger partial charge in [0.1, 0.15) is 5.82 Å². The third-order valence-corrected chi connectivity index (χ3v) is 3.66. The summed E-state index contributed by atoms with van der Waals surface area (Å²) in [5, 5.41) is 2.79. The van der Waals surface area contributed by atoms with Crippen molar-refractivity contribution in [1.29, 1.82) is 0 Å². The van der Waals surface area contributed by atoms with Crippen molar-refractivity contribution in [3.8, 4) is 11.3 Å². The highest BCUT2D eigenvalue weighted by Crippen LogP contribution is 2.27. The Balaban J connectivity index is 2.38. The Morgan fingerprint density at radius 2 is 2.25 bits per heavy atom. The molecule has 0 aliphatic heterocycles. The molecule has 0 N–H and O–H groups in total. The Kier molecular flexibility index (Phi) is 3.95. The van der Waals surface area contributed by atoms with Crippen molar-refractivity contribution >= 4 is 38.9 Å². The maximum atomic E-state index is 13.6. The minimum Gasteiger partial charge on any atom is -0.241 e. The van der Waals surface area contributed by atoms with Gasteiger partial charge in [-0.25, -0.2) is 9.37 Å². The molecule has 0 saturated carbocycles. The van der Waals surface area contributed by atoms with Gasteiger partial charge in [-0.3, -0.25) is 0 Å². The Hall–Kier alpha value is -0.450. The lowest BCUT2D eigenvalue weighted by Gasteiger charge is -1.99. The van der Waals surface area contributed by atoms with Crippen molar-refractivity contribution in [2.75, 3.05) is 5.88 Å². The first-order valence-corrected chi connectivity index (χ1v) is 6.87. The molecule has 2 rings (SSSR count). The summed E-state index contributed by atoms with van der Waals surface area (Å²) in [5.41, 5.74) is 1.19. The molecule has 2 aromatic rings. The first-order valence-electron chi connectivity index (χ1n) is 4.66. The lowest BCUT2D eigenvalue weighted by atomic mass is 10.1. The topological polar surface area (TPSA) is 12.9 Å². The first kappa shape index (κ1) is 12.0.